The Morgan fingerprint density at radius 1 is 1.38 bits per heavy atom. The highest BCUT2D eigenvalue weighted by atomic mass is 35.5. The monoisotopic (exact) mass is 307 g/mol. The van der Waals surface area contributed by atoms with Crippen molar-refractivity contribution in [3.63, 3.8) is 0 Å². The van der Waals surface area contributed by atoms with Gasteiger partial charge in [-0.15, -0.1) is 0 Å². The second kappa shape index (κ2) is 6.63. The zero-order valence-electron chi connectivity index (χ0n) is 12.2. The number of carbonyl (C=O) groups is 1. The van der Waals surface area contributed by atoms with Gasteiger partial charge in [-0.1, -0.05) is 23.7 Å². The number of ether oxygens (including phenoxy) is 1. The van der Waals surface area contributed by atoms with Crippen molar-refractivity contribution in [2.45, 2.75) is 25.9 Å². The van der Waals surface area contributed by atoms with Crippen LogP contribution in [-0.2, 0) is 9.53 Å². The summed E-state index contributed by atoms with van der Waals surface area (Å²) in [7, 11) is 1.36. The van der Waals surface area contributed by atoms with Crippen LogP contribution in [0.3, 0.4) is 0 Å². The summed E-state index contributed by atoms with van der Waals surface area (Å²) in [5.74, 6) is -0.391. The molecule has 1 unspecified atom stereocenters. The van der Waals surface area contributed by atoms with E-state index in [-0.39, 0.29) is 6.04 Å². The SMILES string of the molecule is COC(=O)C(Nc1ccccc1Cl)c1cnn(C(C)C)c1. The van der Waals surface area contributed by atoms with Crippen LogP contribution in [0.2, 0.25) is 5.02 Å². The largest absolute Gasteiger partial charge is 0.467 e. The Labute approximate surface area is 128 Å². The van der Waals surface area contributed by atoms with Crippen molar-refractivity contribution in [3.05, 3.63) is 47.2 Å². The third-order valence-electron chi connectivity index (χ3n) is 3.09. The lowest BCUT2D eigenvalue weighted by Gasteiger charge is -2.17. The van der Waals surface area contributed by atoms with Crippen LogP contribution in [0.25, 0.3) is 0 Å². The molecule has 1 aromatic heterocycles. The molecular weight excluding hydrogens is 290 g/mol. The van der Waals surface area contributed by atoms with Crippen LogP contribution in [0.5, 0.6) is 0 Å². The smallest absolute Gasteiger partial charge is 0.333 e. The highest BCUT2D eigenvalue weighted by Gasteiger charge is 2.24. The molecule has 5 nitrogen and oxygen atoms in total. The first kappa shape index (κ1) is 15.4. The highest BCUT2D eigenvalue weighted by molar-refractivity contribution is 6.33. The lowest BCUT2D eigenvalue weighted by atomic mass is 10.1. The van der Waals surface area contributed by atoms with Crippen molar-refractivity contribution >= 4 is 23.3 Å². The molecule has 0 aliphatic heterocycles. The molecule has 0 saturated heterocycles. The Bertz CT molecular complexity index is 625. The number of carbonyl (C=O) groups excluding carboxylic acids is 1. The normalized spacial score (nSPS) is 12.2. The molecule has 1 heterocycles. The summed E-state index contributed by atoms with van der Waals surface area (Å²) in [6, 6.07) is 6.82. The lowest BCUT2D eigenvalue weighted by molar-refractivity contribution is -0.141. The number of esters is 1. The second-order valence-corrected chi connectivity index (χ2v) is 5.33. The molecule has 0 bridgehead atoms. The topological polar surface area (TPSA) is 56.1 Å². The minimum absolute atomic E-state index is 0.220. The van der Waals surface area contributed by atoms with E-state index < -0.39 is 12.0 Å². The predicted molar refractivity (Wildman–Crippen MR) is 82.4 cm³/mol. The van der Waals surface area contributed by atoms with Gasteiger partial charge in [-0.05, 0) is 26.0 Å². The number of nitrogens with zero attached hydrogens (tertiary/aromatic N) is 2. The molecule has 0 fully saturated rings. The molecule has 112 valence electrons. The van der Waals surface area contributed by atoms with E-state index in [0.29, 0.717) is 10.7 Å². The quantitative estimate of drug-likeness (QED) is 0.860. The van der Waals surface area contributed by atoms with Gasteiger partial charge in [-0.3, -0.25) is 4.68 Å². The number of nitrogens with one attached hydrogen (secondary N) is 1. The van der Waals surface area contributed by atoms with Crippen molar-refractivity contribution < 1.29 is 9.53 Å². The number of para-hydroxylation sites is 1. The van der Waals surface area contributed by atoms with E-state index in [0.717, 1.165) is 5.56 Å². The van der Waals surface area contributed by atoms with Crippen LogP contribution in [0.1, 0.15) is 31.5 Å². The van der Waals surface area contributed by atoms with E-state index in [1.165, 1.54) is 7.11 Å². The summed E-state index contributed by atoms with van der Waals surface area (Å²) in [5.41, 5.74) is 1.40. The van der Waals surface area contributed by atoms with Crippen LogP contribution in [-0.4, -0.2) is 22.9 Å². The highest BCUT2D eigenvalue weighted by Crippen LogP contribution is 2.27. The van der Waals surface area contributed by atoms with Crippen LogP contribution in [0, 0.1) is 0 Å². The number of hydrogen-bond acceptors (Lipinski definition) is 4. The van der Waals surface area contributed by atoms with Gasteiger partial charge in [0, 0.05) is 17.8 Å². The fourth-order valence-corrected chi connectivity index (χ4v) is 2.10. The van der Waals surface area contributed by atoms with Gasteiger partial charge in [0.25, 0.3) is 0 Å². The average molecular weight is 308 g/mol. The maximum Gasteiger partial charge on any atom is 0.333 e. The summed E-state index contributed by atoms with van der Waals surface area (Å²) in [6.45, 7) is 4.04. The Kier molecular flexibility index (Phi) is 4.85. The molecule has 2 aromatic rings. The minimum atomic E-state index is -0.651. The van der Waals surface area contributed by atoms with Crippen molar-refractivity contribution in [2.75, 3.05) is 12.4 Å². The van der Waals surface area contributed by atoms with Crippen molar-refractivity contribution in [2.24, 2.45) is 0 Å². The minimum Gasteiger partial charge on any atom is -0.467 e. The number of benzene rings is 1. The van der Waals surface area contributed by atoms with E-state index in [1.807, 2.05) is 38.2 Å². The van der Waals surface area contributed by atoms with Gasteiger partial charge in [0.1, 0.15) is 0 Å². The summed E-state index contributed by atoms with van der Waals surface area (Å²) >= 11 is 6.12. The van der Waals surface area contributed by atoms with E-state index in [4.69, 9.17) is 16.3 Å². The van der Waals surface area contributed by atoms with Gasteiger partial charge in [-0.25, -0.2) is 4.79 Å². The Hall–Kier alpha value is -2.01. The van der Waals surface area contributed by atoms with E-state index in [9.17, 15) is 4.79 Å². The Morgan fingerprint density at radius 3 is 2.67 bits per heavy atom. The average Bonchev–Trinajstić information content (AvgIpc) is 2.95. The van der Waals surface area contributed by atoms with Crippen molar-refractivity contribution in [1.29, 1.82) is 0 Å². The van der Waals surface area contributed by atoms with Gasteiger partial charge in [0.05, 0.1) is 24.0 Å². The van der Waals surface area contributed by atoms with Gasteiger partial charge >= 0.3 is 5.97 Å². The fourth-order valence-electron chi connectivity index (χ4n) is 1.91. The number of rotatable bonds is 5. The first-order valence-electron chi connectivity index (χ1n) is 6.66. The molecule has 0 saturated carbocycles. The number of anilines is 1. The summed E-state index contributed by atoms with van der Waals surface area (Å²) in [5, 5.41) is 7.90. The van der Waals surface area contributed by atoms with Crippen molar-refractivity contribution in [3.8, 4) is 0 Å². The number of hydrogen-bond donors (Lipinski definition) is 1. The number of aromatic nitrogens is 2. The van der Waals surface area contributed by atoms with E-state index in [2.05, 4.69) is 10.4 Å². The third-order valence-corrected chi connectivity index (χ3v) is 3.42. The van der Waals surface area contributed by atoms with Gasteiger partial charge < -0.3 is 10.1 Å². The molecule has 1 N–H and O–H groups in total. The maximum absolute atomic E-state index is 12.0. The van der Waals surface area contributed by atoms with Crippen LogP contribution >= 0.6 is 11.6 Å². The van der Waals surface area contributed by atoms with Gasteiger partial charge in [0.2, 0.25) is 0 Å². The molecule has 1 atom stereocenters. The zero-order valence-corrected chi connectivity index (χ0v) is 13.0. The standard InChI is InChI=1S/C15H18ClN3O2/c1-10(2)19-9-11(8-17-19)14(15(20)21-3)18-13-7-5-4-6-12(13)16/h4-10,14,18H,1-3H3. The third kappa shape index (κ3) is 3.55. The molecule has 0 radical (unpaired) electrons. The maximum atomic E-state index is 12.0. The first-order chi connectivity index (χ1) is 10.0. The Balaban J connectivity index is 2.30. The summed E-state index contributed by atoms with van der Waals surface area (Å²) < 4.78 is 6.66. The molecule has 0 aliphatic carbocycles. The van der Waals surface area contributed by atoms with Crippen LogP contribution in [0.4, 0.5) is 5.69 Å². The van der Waals surface area contributed by atoms with Crippen LogP contribution < -0.4 is 5.32 Å². The van der Waals surface area contributed by atoms with Gasteiger partial charge in [-0.2, -0.15) is 5.10 Å². The molecule has 2 rings (SSSR count). The predicted octanol–water partition coefficient (Wildman–Crippen LogP) is 3.44. The molecule has 6 heteroatoms. The number of halogens is 1. The molecular formula is C15H18ClN3O2. The molecule has 0 amide bonds. The molecule has 1 aromatic carbocycles. The molecule has 0 aliphatic rings. The second-order valence-electron chi connectivity index (χ2n) is 4.93. The molecule has 21 heavy (non-hydrogen) atoms. The molecule has 0 spiro atoms. The Morgan fingerprint density at radius 2 is 2.10 bits per heavy atom. The first-order valence-corrected chi connectivity index (χ1v) is 7.03. The summed E-state index contributed by atoms with van der Waals surface area (Å²) in [6.07, 6.45) is 3.49. The van der Waals surface area contributed by atoms with Gasteiger partial charge in [0.15, 0.2) is 6.04 Å². The number of methoxy groups -OCH3 is 1. The van der Waals surface area contributed by atoms with Crippen LogP contribution in [0.15, 0.2) is 36.7 Å². The van der Waals surface area contributed by atoms with Crippen molar-refractivity contribution in [1.82, 2.24) is 9.78 Å². The summed E-state index contributed by atoms with van der Waals surface area (Å²) in [4.78, 5) is 12.0. The lowest BCUT2D eigenvalue weighted by Crippen LogP contribution is -2.22. The fraction of sp³-hybridized carbons (Fsp3) is 0.333. The van der Waals surface area contributed by atoms with E-state index in [1.54, 1.807) is 16.9 Å². The van der Waals surface area contributed by atoms with E-state index >= 15 is 0 Å². The zero-order chi connectivity index (χ0) is 15.4.